The van der Waals surface area contributed by atoms with Gasteiger partial charge in [0.15, 0.2) is 0 Å². The highest BCUT2D eigenvalue weighted by Crippen LogP contribution is 2.21. The first-order chi connectivity index (χ1) is 11.7. The van der Waals surface area contributed by atoms with Gasteiger partial charge in [-0.2, -0.15) is 5.10 Å². The summed E-state index contributed by atoms with van der Waals surface area (Å²) in [4.78, 5) is 18.6. The molecule has 0 radical (unpaired) electrons. The largest absolute Gasteiger partial charge is 0.376 e. The van der Waals surface area contributed by atoms with Gasteiger partial charge in [0.25, 0.3) is 0 Å². The van der Waals surface area contributed by atoms with Crippen LogP contribution in [0.5, 0.6) is 0 Å². The highest BCUT2D eigenvalue weighted by molar-refractivity contribution is 5.78. The highest BCUT2D eigenvalue weighted by atomic mass is 16.5. The molecule has 0 saturated carbocycles. The van der Waals surface area contributed by atoms with Gasteiger partial charge in [-0.1, -0.05) is 37.3 Å². The molecule has 128 valence electrons. The molecule has 1 saturated heterocycles. The van der Waals surface area contributed by atoms with Crippen molar-refractivity contribution in [1.29, 1.82) is 0 Å². The Kier molecular flexibility index (Phi) is 5.59. The molecule has 2 heterocycles. The molecule has 1 aromatic heterocycles. The summed E-state index contributed by atoms with van der Waals surface area (Å²) in [6.45, 7) is 4.43. The summed E-state index contributed by atoms with van der Waals surface area (Å²) in [5.74, 6) is 0.0242. The van der Waals surface area contributed by atoms with Crippen LogP contribution in [0.4, 0.5) is 0 Å². The summed E-state index contributed by atoms with van der Waals surface area (Å²) < 4.78 is 7.57. The summed E-state index contributed by atoms with van der Waals surface area (Å²) in [5, 5.41) is 4.20. The van der Waals surface area contributed by atoms with Crippen molar-refractivity contribution in [3.63, 3.8) is 0 Å². The Morgan fingerprint density at radius 2 is 2.21 bits per heavy atom. The van der Waals surface area contributed by atoms with Crippen LogP contribution in [0.25, 0.3) is 0 Å². The van der Waals surface area contributed by atoms with Gasteiger partial charge in [-0.3, -0.25) is 4.79 Å². The van der Waals surface area contributed by atoms with Crippen LogP contribution >= 0.6 is 0 Å². The van der Waals surface area contributed by atoms with Crippen molar-refractivity contribution >= 4 is 5.91 Å². The molecule has 0 aliphatic carbocycles. The van der Waals surface area contributed by atoms with Crippen LogP contribution in [0.3, 0.4) is 0 Å². The van der Waals surface area contributed by atoms with E-state index >= 15 is 0 Å². The number of likely N-dealkylation sites (tertiary alicyclic amines) is 1. The van der Waals surface area contributed by atoms with E-state index in [0.717, 1.165) is 24.9 Å². The molecule has 1 aliphatic heterocycles. The van der Waals surface area contributed by atoms with Gasteiger partial charge in [0.2, 0.25) is 5.91 Å². The average molecular weight is 328 g/mol. The quantitative estimate of drug-likeness (QED) is 0.816. The molecule has 2 unspecified atom stereocenters. The Balaban J connectivity index is 1.48. The number of benzene rings is 1. The molecule has 0 bridgehead atoms. The van der Waals surface area contributed by atoms with E-state index in [9.17, 15) is 4.79 Å². The predicted octanol–water partition coefficient (Wildman–Crippen LogP) is 2.29. The Morgan fingerprint density at radius 3 is 2.96 bits per heavy atom. The number of rotatable bonds is 6. The second-order valence-electron chi connectivity index (χ2n) is 6.36. The molecule has 1 fully saturated rings. The van der Waals surface area contributed by atoms with Crippen LogP contribution < -0.4 is 0 Å². The van der Waals surface area contributed by atoms with Crippen LogP contribution in [0, 0.1) is 5.92 Å². The molecule has 3 rings (SSSR count). The van der Waals surface area contributed by atoms with E-state index in [2.05, 4.69) is 10.1 Å². The van der Waals surface area contributed by atoms with E-state index in [1.54, 1.807) is 12.7 Å². The van der Waals surface area contributed by atoms with Gasteiger partial charge in [0, 0.05) is 13.1 Å². The first-order valence-electron chi connectivity index (χ1n) is 8.48. The summed E-state index contributed by atoms with van der Waals surface area (Å²) in [6.07, 6.45) is 5.30. The molecule has 6 nitrogen and oxygen atoms in total. The minimum absolute atomic E-state index is 0.136. The Morgan fingerprint density at radius 1 is 1.38 bits per heavy atom. The fourth-order valence-corrected chi connectivity index (χ4v) is 3.09. The van der Waals surface area contributed by atoms with Crippen molar-refractivity contribution in [2.24, 2.45) is 5.92 Å². The third-order valence-corrected chi connectivity index (χ3v) is 4.42. The number of hydrogen-bond donors (Lipinski definition) is 0. The zero-order chi connectivity index (χ0) is 16.8. The summed E-state index contributed by atoms with van der Waals surface area (Å²) in [5.41, 5.74) is 1.13. The number of carbonyl (C=O) groups is 1. The molecule has 1 aliphatic rings. The topological polar surface area (TPSA) is 60.2 Å². The molecular weight excluding hydrogens is 304 g/mol. The first-order valence-corrected chi connectivity index (χ1v) is 8.48. The van der Waals surface area contributed by atoms with Crippen molar-refractivity contribution in [2.45, 2.75) is 32.4 Å². The summed E-state index contributed by atoms with van der Waals surface area (Å²) in [7, 11) is 0. The Labute approximate surface area is 142 Å². The second kappa shape index (κ2) is 8.06. The molecule has 1 amide bonds. The van der Waals surface area contributed by atoms with Gasteiger partial charge in [0.1, 0.15) is 12.7 Å². The molecule has 0 spiro atoms. The lowest BCUT2D eigenvalue weighted by Gasteiger charge is -2.34. The number of carbonyl (C=O) groups excluding carboxylic acids is 1. The average Bonchev–Trinajstić information content (AvgIpc) is 3.17. The number of aromatic nitrogens is 3. The molecule has 2 aromatic rings. The van der Waals surface area contributed by atoms with E-state index in [4.69, 9.17) is 4.74 Å². The van der Waals surface area contributed by atoms with Crippen LogP contribution in [0.15, 0.2) is 43.0 Å². The lowest BCUT2D eigenvalue weighted by molar-refractivity contribution is -0.138. The van der Waals surface area contributed by atoms with Gasteiger partial charge < -0.3 is 9.64 Å². The maximum absolute atomic E-state index is 12.7. The van der Waals surface area contributed by atoms with Crippen LogP contribution in [0.1, 0.15) is 31.4 Å². The monoisotopic (exact) mass is 328 g/mol. The molecule has 1 aromatic carbocycles. The van der Waals surface area contributed by atoms with Crippen molar-refractivity contribution in [2.75, 3.05) is 19.7 Å². The van der Waals surface area contributed by atoms with Gasteiger partial charge in [-0.15, -0.1) is 0 Å². The third kappa shape index (κ3) is 4.20. The SMILES string of the molecule is CC(COCc1ccccc1)C(=O)N1CCCC(n2cncn2)C1. The van der Waals surface area contributed by atoms with Crippen molar-refractivity contribution < 1.29 is 9.53 Å². The number of hydrogen-bond acceptors (Lipinski definition) is 4. The number of ether oxygens (including phenoxy) is 1. The molecular formula is C18H24N4O2. The van der Waals surface area contributed by atoms with E-state index in [1.807, 2.05) is 46.8 Å². The lowest BCUT2D eigenvalue weighted by Crippen LogP contribution is -2.44. The van der Waals surface area contributed by atoms with Crippen molar-refractivity contribution in [3.8, 4) is 0 Å². The van der Waals surface area contributed by atoms with Gasteiger partial charge in [-0.25, -0.2) is 9.67 Å². The second-order valence-corrected chi connectivity index (χ2v) is 6.36. The fourth-order valence-electron chi connectivity index (χ4n) is 3.09. The van der Waals surface area contributed by atoms with E-state index in [1.165, 1.54) is 0 Å². The molecule has 24 heavy (non-hydrogen) atoms. The smallest absolute Gasteiger partial charge is 0.227 e. The standard InChI is InChI=1S/C18H24N4O2/c1-15(11-24-12-16-6-3-2-4-7-16)18(23)21-9-5-8-17(10-21)22-14-19-13-20-22/h2-4,6-7,13-15,17H,5,8-12H2,1H3. The van der Waals surface area contributed by atoms with Gasteiger partial charge in [0.05, 0.1) is 25.2 Å². The number of nitrogens with zero attached hydrogens (tertiary/aromatic N) is 4. The summed E-state index contributed by atoms with van der Waals surface area (Å²) >= 11 is 0. The van der Waals surface area contributed by atoms with Crippen molar-refractivity contribution in [3.05, 3.63) is 48.5 Å². The normalized spacial score (nSPS) is 19.2. The fraction of sp³-hybridized carbons (Fsp3) is 0.500. The maximum Gasteiger partial charge on any atom is 0.227 e. The minimum Gasteiger partial charge on any atom is -0.376 e. The van der Waals surface area contributed by atoms with E-state index in [-0.39, 0.29) is 17.9 Å². The lowest BCUT2D eigenvalue weighted by atomic mass is 10.0. The molecule has 6 heteroatoms. The minimum atomic E-state index is -0.136. The van der Waals surface area contributed by atoms with E-state index < -0.39 is 0 Å². The molecule has 0 N–H and O–H groups in total. The zero-order valence-electron chi connectivity index (χ0n) is 14.0. The van der Waals surface area contributed by atoms with Crippen LogP contribution in [0.2, 0.25) is 0 Å². The maximum atomic E-state index is 12.7. The number of amides is 1. The Hall–Kier alpha value is -2.21. The van der Waals surface area contributed by atoms with Gasteiger partial charge >= 0.3 is 0 Å². The first kappa shape index (κ1) is 16.6. The Bertz CT molecular complexity index is 630. The number of piperidine rings is 1. The predicted molar refractivity (Wildman–Crippen MR) is 90.1 cm³/mol. The third-order valence-electron chi connectivity index (χ3n) is 4.42. The summed E-state index contributed by atoms with van der Waals surface area (Å²) in [6, 6.07) is 10.2. The van der Waals surface area contributed by atoms with E-state index in [0.29, 0.717) is 19.8 Å². The van der Waals surface area contributed by atoms with Crippen LogP contribution in [-0.4, -0.2) is 45.3 Å². The van der Waals surface area contributed by atoms with Crippen LogP contribution in [-0.2, 0) is 16.1 Å². The van der Waals surface area contributed by atoms with Gasteiger partial charge in [-0.05, 0) is 18.4 Å². The highest BCUT2D eigenvalue weighted by Gasteiger charge is 2.28. The zero-order valence-corrected chi connectivity index (χ0v) is 14.0. The molecule has 2 atom stereocenters. The van der Waals surface area contributed by atoms with Crippen molar-refractivity contribution in [1.82, 2.24) is 19.7 Å².